The van der Waals surface area contributed by atoms with Crippen LogP contribution in [0.4, 0.5) is 0 Å². The van der Waals surface area contributed by atoms with Crippen molar-refractivity contribution >= 4 is 110 Å². The van der Waals surface area contributed by atoms with Gasteiger partial charge in [-0.05, 0) is 77.0 Å². The third kappa shape index (κ3) is 54.9. The van der Waals surface area contributed by atoms with Crippen LogP contribution in [-0.4, -0.2) is 99.2 Å². The molecule has 324 valence electrons. The first-order valence-electron chi connectivity index (χ1n) is 20.1. The van der Waals surface area contributed by atoms with E-state index < -0.39 is 35.8 Å². The molecule has 0 spiro atoms. The molecule has 0 heterocycles. The molecule has 0 fully saturated rings. The number of aliphatic carboxylic acids is 6. The van der Waals surface area contributed by atoms with Crippen molar-refractivity contribution in [2.75, 3.05) is 0 Å². The zero-order valence-corrected chi connectivity index (χ0v) is 43.8. The normalized spacial score (nSPS) is 9.05. The molecular weight excluding hydrogens is 1090 g/mol. The predicted octanol–water partition coefficient (Wildman–Crippen LogP) is -0.327. The van der Waals surface area contributed by atoms with Crippen LogP contribution in [0.2, 0.25) is 14.8 Å². The molecule has 12 nitrogen and oxygen atoms in total. The molecule has 0 unspecified atom stereocenters. The average molecular weight is 1150 g/mol. The number of carboxylic acid groups (broad SMARTS) is 6. The molecule has 3 rings (SSSR count). The third-order valence-corrected chi connectivity index (χ3v) is 15.5. The fraction of sp³-hybridized carbons (Fsp3) is 0.467. The van der Waals surface area contributed by atoms with Crippen LogP contribution in [0.5, 0.6) is 0 Å². The number of carboxylic acids is 6. The summed E-state index contributed by atoms with van der Waals surface area (Å²) in [5, 5.41) is 59.5. The monoisotopic (exact) mass is 1150 g/mol. The molecular formula is C45H60O12Sn3. The van der Waals surface area contributed by atoms with Crippen molar-refractivity contribution in [2.45, 2.75) is 130 Å². The van der Waals surface area contributed by atoms with E-state index in [1.165, 1.54) is 0 Å². The summed E-state index contributed by atoms with van der Waals surface area (Å²) >= 11 is -0.431. The van der Waals surface area contributed by atoms with Gasteiger partial charge in [-0.1, -0.05) is 38.5 Å². The molecule has 0 saturated heterocycles. The summed E-state index contributed by atoms with van der Waals surface area (Å²) in [4.78, 5) is 66.5. The first kappa shape index (κ1) is 61.2. The molecule has 0 aliphatic carbocycles. The van der Waals surface area contributed by atoms with Crippen LogP contribution in [0, 0.1) is 0 Å². The summed E-state index contributed by atoms with van der Waals surface area (Å²) in [6.07, 6.45) is 8.18. The molecule has 0 bridgehead atoms. The standard InChI is InChI=1S/3C8H14O4.3C6H5.3CH3.3Sn/c3*9-7(10)5-3-1-2-4-6-8(11)12;3*1-2-4-6-5-3-1;;;;;;/h3*1-6H2,(H,9,10)(H,11,12);3*1-5H;3*1H3;;;/q;;;;;;;;;3*+2/p-6. The van der Waals surface area contributed by atoms with Gasteiger partial charge in [0.05, 0.1) is 0 Å². The summed E-state index contributed by atoms with van der Waals surface area (Å²) in [6, 6.07) is 32.2. The molecule has 0 N–H and O–H groups in total. The Morgan fingerprint density at radius 2 is 0.450 bits per heavy atom. The second kappa shape index (κ2) is 46.9. The van der Waals surface area contributed by atoms with Gasteiger partial charge >= 0.3 is 180 Å². The summed E-state index contributed by atoms with van der Waals surface area (Å²) in [5.41, 5.74) is 0. The Morgan fingerprint density at radius 1 is 0.300 bits per heavy atom. The molecule has 0 amide bonds. The van der Waals surface area contributed by atoms with Gasteiger partial charge in [0.15, 0.2) is 0 Å². The van der Waals surface area contributed by atoms with Crippen molar-refractivity contribution < 1.29 is 59.4 Å². The predicted molar refractivity (Wildman–Crippen MR) is 226 cm³/mol. The topological polar surface area (TPSA) is 241 Å². The number of carbonyl (C=O) groups is 6. The summed E-state index contributed by atoms with van der Waals surface area (Å²) in [5.74, 6) is -6.28. The van der Waals surface area contributed by atoms with Crippen molar-refractivity contribution in [1.82, 2.24) is 0 Å². The van der Waals surface area contributed by atoms with Crippen molar-refractivity contribution in [3.05, 3.63) is 91.0 Å². The van der Waals surface area contributed by atoms with E-state index in [2.05, 4.69) is 106 Å². The van der Waals surface area contributed by atoms with Crippen LogP contribution >= 0.6 is 0 Å². The Morgan fingerprint density at radius 3 is 0.550 bits per heavy atom. The number of unbranched alkanes of at least 4 members (excludes halogenated alkanes) is 9. The van der Waals surface area contributed by atoms with Crippen LogP contribution in [0.1, 0.15) is 116 Å². The number of carbonyl (C=O) groups excluding carboxylic acids is 6. The molecule has 3 aromatic rings. The van der Waals surface area contributed by atoms with E-state index in [1.807, 2.05) is 0 Å². The van der Waals surface area contributed by atoms with E-state index in [1.54, 1.807) is 10.7 Å². The van der Waals surface area contributed by atoms with E-state index >= 15 is 0 Å². The number of rotatable bonds is 24. The molecule has 0 aliphatic rings. The quantitative estimate of drug-likeness (QED) is 0.0828. The van der Waals surface area contributed by atoms with Crippen molar-refractivity contribution in [2.24, 2.45) is 0 Å². The van der Waals surface area contributed by atoms with Gasteiger partial charge in [0.1, 0.15) is 0 Å². The van der Waals surface area contributed by atoms with E-state index in [0.717, 1.165) is 38.5 Å². The summed E-state index contributed by atoms with van der Waals surface area (Å²) in [6.45, 7) is 0. The molecule has 3 aromatic carbocycles. The number of hydrogen-bond donors (Lipinski definition) is 0. The Kier molecular flexibility index (Phi) is 47.9. The van der Waals surface area contributed by atoms with Crippen LogP contribution in [0.15, 0.2) is 91.0 Å². The van der Waals surface area contributed by atoms with Gasteiger partial charge in [-0.15, -0.1) is 0 Å². The Labute approximate surface area is 387 Å². The van der Waals surface area contributed by atoms with Gasteiger partial charge in [0.2, 0.25) is 0 Å². The maximum atomic E-state index is 9.92. The van der Waals surface area contributed by atoms with E-state index in [4.69, 9.17) is 0 Å². The summed E-state index contributed by atoms with van der Waals surface area (Å²) in [7, 11) is 0. The first-order valence-corrected chi connectivity index (χ1v) is 32.9. The van der Waals surface area contributed by atoms with Gasteiger partial charge in [-0.3, -0.25) is 0 Å². The van der Waals surface area contributed by atoms with Gasteiger partial charge in [0.25, 0.3) is 0 Å². The second-order valence-electron chi connectivity index (χ2n) is 12.8. The molecule has 0 radical (unpaired) electrons. The molecule has 60 heavy (non-hydrogen) atoms. The molecule has 15 heteroatoms. The first-order chi connectivity index (χ1) is 28.7. The van der Waals surface area contributed by atoms with Gasteiger partial charge in [-0.2, -0.15) is 0 Å². The van der Waals surface area contributed by atoms with Crippen molar-refractivity contribution in [3.63, 3.8) is 0 Å². The fourth-order valence-electron chi connectivity index (χ4n) is 4.49. The zero-order chi connectivity index (χ0) is 45.7. The van der Waals surface area contributed by atoms with E-state index in [0.29, 0.717) is 38.5 Å². The van der Waals surface area contributed by atoms with Crippen LogP contribution in [0.25, 0.3) is 0 Å². The Hall–Kier alpha value is -3.12. The average Bonchev–Trinajstić information content (AvgIpc) is 3.23. The van der Waals surface area contributed by atoms with Crippen LogP contribution < -0.4 is 41.4 Å². The van der Waals surface area contributed by atoms with E-state index in [-0.39, 0.29) is 102 Å². The fourth-order valence-corrected chi connectivity index (χ4v) is 8.99. The minimum absolute atomic E-state index is 0.0608. The SMILES string of the molecule is O=C([O-])CCCCCCC(=O)[O-].O=C([O-])CCCCCCC(=O)[O-].O=C([O-])CCCCCCC(=O)[O-].[CH3][Sn+2][c]1ccccc1.[CH3][Sn+2][c]1ccccc1.[CH3][Sn+2][c]1ccccc1. The van der Waals surface area contributed by atoms with Gasteiger partial charge < -0.3 is 59.4 Å². The van der Waals surface area contributed by atoms with Crippen LogP contribution in [0.3, 0.4) is 0 Å². The third-order valence-electron chi connectivity index (χ3n) is 7.72. The van der Waals surface area contributed by atoms with Gasteiger partial charge in [0, 0.05) is 35.8 Å². The molecule has 0 aliphatic heterocycles. The Balaban J connectivity index is -0.000000655. The minimum atomic E-state index is -1.05. The molecule has 0 saturated carbocycles. The van der Waals surface area contributed by atoms with E-state index in [9.17, 15) is 59.4 Å². The molecule has 0 aromatic heterocycles. The van der Waals surface area contributed by atoms with Gasteiger partial charge in [-0.25, -0.2) is 0 Å². The summed E-state index contributed by atoms with van der Waals surface area (Å²) < 4.78 is 4.74. The zero-order valence-electron chi connectivity index (χ0n) is 35.3. The van der Waals surface area contributed by atoms with Crippen molar-refractivity contribution in [1.29, 1.82) is 0 Å². The van der Waals surface area contributed by atoms with Crippen LogP contribution in [-0.2, 0) is 28.8 Å². The number of hydrogen-bond acceptors (Lipinski definition) is 12. The number of benzene rings is 3. The van der Waals surface area contributed by atoms with Crippen molar-refractivity contribution in [3.8, 4) is 0 Å². The molecule has 0 atom stereocenters. The maximum absolute atomic E-state index is 9.92. The Bertz CT molecular complexity index is 1260. The second-order valence-corrected chi connectivity index (χ2v) is 22.0.